The summed E-state index contributed by atoms with van der Waals surface area (Å²) >= 11 is 0. The summed E-state index contributed by atoms with van der Waals surface area (Å²) in [4.78, 5) is 11.5. The highest BCUT2D eigenvalue weighted by atomic mass is 32.2. The van der Waals surface area contributed by atoms with Gasteiger partial charge in [-0.3, -0.25) is 9.35 Å². The first-order chi connectivity index (χ1) is 12.5. The second-order valence-corrected chi connectivity index (χ2v) is 8.58. The zero-order valence-electron chi connectivity index (χ0n) is 16.5. The van der Waals surface area contributed by atoms with Gasteiger partial charge in [0.25, 0.3) is 10.1 Å². The SMILES string of the molecule is CCCCCCCCCCCCC/C=C/C(=O)NCCCCS(=O)(=O)O. The van der Waals surface area contributed by atoms with Crippen LogP contribution in [0, 0.1) is 0 Å². The van der Waals surface area contributed by atoms with Gasteiger partial charge in [0, 0.05) is 6.54 Å². The van der Waals surface area contributed by atoms with Crippen LogP contribution in [0.15, 0.2) is 12.2 Å². The van der Waals surface area contributed by atoms with Gasteiger partial charge < -0.3 is 5.32 Å². The van der Waals surface area contributed by atoms with Crippen molar-refractivity contribution in [2.45, 2.75) is 96.8 Å². The lowest BCUT2D eigenvalue weighted by atomic mass is 10.1. The molecule has 0 fully saturated rings. The maximum atomic E-state index is 11.5. The molecule has 0 aliphatic rings. The first-order valence-corrected chi connectivity index (χ1v) is 12.0. The Morgan fingerprint density at radius 3 is 1.92 bits per heavy atom. The van der Waals surface area contributed by atoms with Gasteiger partial charge in [0.15, 0.2) is 0 Å². The predicted molar refractivity (Wildman–Crippen MR) is 109 cm³/mol. The van der Waals surface area contributed by atoms with E-state index in [1.807, 2.05) is 6.08 Å². The van der Waals surface area contributed by atoms with E-state index in [-0.39, 0.29) is 11.7 Å². The number of carbonyl (C=O) groups excluding carboxylic acids is 1. The maximum absolute atomic E-state index is 11.5. The monoisotopic (exact) mass is 389 g/mol. The number of amides is 1. The van der Waals surface area contributed by atoms with Crippen molar-refractivity contribution in [3.8, 4) is 0 Å². The molecule has 0 aromatic carbocycles. The van der Waals surface area contributed by atoms with E-state index < -0.39 is 10.1 Å². The molecule has 0 bridgehead atoms. The van der Waals surface area contributed by atoms with Gasteiger partial charge in [0.05, 0.1) is 5.75 Å². The summed E-state index contributed by atoms with van der Waals surface area (Å²) in [6, 6.07) is 0. The molecular formula is C20H39NO4S. The molecule has 1 amide bonds. The van der Waals surface area contributed by atoms with E-state index in [1.165, 1.54) is 64.2 Å². The molecule has 0 unspecified atom stereocenters. The van der Waals surface area contributed by atoms with Crippen molar-refractivity contribution in [2.75, 3.05) is 12.3 Å². The standard InChI is InChI=1S/C20H39NO4S/c1-2-3-4-5-6-7-8-9-10-11-12-13-14-17-20(22)21-18-15-16-19-26(23,24)25/h14,17H,2-13,15-16,18-19H2,1H3,(H,21,22)(H,23,24,25)/b17-14+. The summed E-state index contributed by atoms with van der Waals surface area (Å²) in [5, 5.41) is 2.71. The number of hydrogen-bond donors (Lipinski definition) is 2. The lowest BCUT2D eigenvalue weighted by Crippen LogP contribution is -2.22. The predicted octanol–water partition coefficient (Wildman–Crippen LogP) is 5.03. The van der Waals surface area contributed by atoms with Crippen LogP contribution in [0.5, 0.6) is 0 Å². The van der Waals surface area contributed by atoms with E-state index in [9.17, 15) is 13.2 Å². The van der Waals surface area contributed by atoms with Crippen molar-refractivity contribution in [3.63, 3.8) is 0 Å². The summed E-state index contributed by atoms with van der Waals surface area (Å²) in [5.74, 6) is -0.391. The van der Waals surface area contributed by atoms with Gasteiger partial charge in [0.2, 0.25) is 5.91 Å². The summed E-state index contributed by atoms with van der Waals surface area (Å²) in [5.41, 5.74) is 0. The minimum atomic E-state index is -3.89. The van der Waals surface area contributed by atoms with Gasteiger partial charge in [-0.1, -0.05) is 77.2 Å². The second-order valence-electron chi connectivity index (χ2n) is 7.01. The lowest BCUT2D eigenvalue weighted by Gasteiger charge is -2.02. The molecule has 26 heavy (non-hydrogen) atoms. The van der Waals surface area contributed by atoms with Gasteiger partial charge in [-0.05, 0) is 31.8 Å². The topological polar surface area (TPSA) is 83.5 Å². The molecule has 0 saturated heterocycles. The third-order valence-corrected chi connectivity index (χ3v) is 5.18. The Morgan fingerprint density at radius 1 is 0.846 bits per heavy atom. The molecular weight excluding hydrogens is 350 g/mol. The Morgan fingerprint density at radius 2 is 1.38 bits per heavy atom. The average molecular weight is 390 g/mol. The first-order valence-electron chi connectivity index (χ1n) is 10.3. The van der Waals surface area contributed by atoms with E-state index in [0.29, 0.717) is 19.4 Å². The smallest absolute Gasteiger partial charge is 0.264 e. The van der Waals surface area contributed by atoms with E-state index in [1.54, 1.807) is 6.08 Å². The Bertz CT molecular complexity index is 460. The van der Waals surface area contributed by atoms with Crippen LogP contribution >= 0.6 is 0 Å². The summed E-state index contributed by atoms with van der Waals surface area (Å²) in [7, 11) is -3.89. The molecule has 0 atom stereocenters. The van der Waals surface area contributed by atoms with Crippen LogP contribution in [0.3, 0.4) is 0 Å². The normalized spacial score (nSPS) is 11.9. The van der Waals surface area contributed by atoms with Crippen molar-refractivity contribution in [1.82, 2.24) is 5.32 Å². The van der Waals surface area contributed by atoms with Crippen LogP contribution in [-0.4, -0.2) is 31.2 Å². The van der Waals surface area contributed by atoms with Crippen LogP contribution in [0.25, 0.3) is 0 Å². The molecule has 0 rings (SSSR count). The number of hydrogen-bond acceptors (Lipinski definition) is 3. The molecule has 0 saturated carbocycles. The third kappa shape index (κ3) is 21.2. The Balaban J connectivity index is 3.32. The van der Waals surface area contributed by atoms with E-state index in [2.05, 4.69) is 12.2 Å². The zero-order valence-corrected chi connectivity index (χ0v) is 17.4. The molecule has 0 aromatic heterocycles. The van der Waals surface area contributed by atoms with Crippen LogP contribution in [0.1, 0.15) is 96.8 Å². The minimum Gasteiger partial charge on any atom is -0.353 e. The highest BCUT2D eigenvalue weighted by Crippen LogP contribution is 2.11. The summed E-state index contributed by atoms with van der Waals surface area (Å²) in [6.07, 6.45) is 19.8. The number of rotatable bonds is 18. The first kappa shape index (κ1) is 25.1. The fraction of sp³-hybridized carbons (Fsp3) is 0.850. The number of unbranched alkanes of at least 4 members (excludes halogenated alkanes) is 12. The molecule has 5 nitrogen and oxygen atoms in total. The Labute approximate surface area is 160 Å². The number of nitrogens with one attached hydrogen (secondary N) is 1. The molecule has 0 aliphatic carbocycles. The van der Waals surface area contributed by atoms with Gasteiger partial charge in [-0.25, -0.2) is 0 Å². The van der Waals surface area contributed by atoms with Gasteiger partial charge in [0.1, 0.15) is 0 Å². The zero-order chi connectivity index (χ0) is 19.5. The molecule has 6 heteroatoms. The molecule has 0 spiro atoms. The van der Waals surface area contributed by atoms with Crippen molar-refractivity contribution >= 4 is 16.0 Å². The third-order valence-electron chi connectivity index (χ3n) is 4.37. The van der Waals surface area contributed by atoms with Gasteiger partial charge in [-0.2, -0.15) is 8.42 Å². The van der Waals surface area contributed by atoms with Crippen molar-refractivity contribution in [3.05, 3.63) is 12.2 Å². The number of carbonyl (C=O) groups is 1. The molecule has 0 radical (unpaired) electrons. The quantitative estimate of drug-likeness (QED) is 0.196. The van der Waals surface area contributed by atoms with Crippen LogP contribution < -0.4 is 5.32 Å². The van der Waals surface area contributed by atoms with E-state index in [0.717, 1.165) is 12.8 Å². The molecule has 0 aromatic rings. The molecule has 0 heterocycles. The fourth-order valence-electron chi connectivity index (χ4n) is 2.80. The number of allylic oxidation sites excluding steroid dienone is 1. The second kappa shape index (κ2) is 17.5. The molecule has 154 valence electrons. The largest absolute Gasteiger partial charge is 0.353 e. The Kier molecular flexibility index (Phi) is 16.9. The summed E-state index contributed by atoms with van der Waals surface area (Å²) in [6.45, 7) is 2.68. The van der Waals surface area contributed by atoms with Crippen LogP contribution in [0.4, 0.5) is 0 Å². The fourth-order valence-corrected chi connectivity index (χ4v) is 3.37. The van der Waals surface area contributed by atoms with E-state index >= 15 is 0 Å². The Hall–Kier alpha value is -0.880. The van der Waals surface area contributed by atoms with Crippen molar-refractivity contribution in [1.29, 1.82) is 0 Å². The van der Waals surface area contributed by atoms with Crippen LogP contribution in [0.2, 0.25) is 0 Å². The summed E-state index contributed by atoms with van der Waals surface area (Å²) < 4.78 is 29.7. The lowest BCUT2D eigenvalue weighted by molar-refractivity contribution is -0.116. The minimum absolute atomic E-state index is 0.139. The average Bonchev–Trinajstić information content (AvgIpc) is 2.57. The van der Waals surface area contributed by atoms with Crippen molar-refractivity contribution in [2.24, 2.45) is 0 Å². The van der Waals surface area contributed by atoms with Gasteiger partial charge >= 0.3 is 0 Å². The highest BCUT2D eigenvalue weighted by molar-refractivity contribution is 7.85. The molecule has 0 aliphatic heterocycles. The highest BCUT2D eigenvalue weighted by Gasteiger charge is 2.03. The van der Waals surface area contributed by atoms with E-state index in [4.69, 9.17) is 4.55 Å². The van der Waals surface area contributed by atoms with Crippen molar-refractivity contribution < 1.29 is 17.8 Å². The van der Waals surface area contributed by atoms with Gasteiger partial charge in [-0.15, -0.1) is 0 Å². The van der Waals surface area contributed by atoms with Crippen LogP contribution in [-0.2, 0) is 14.9 Å². The molecule has 2 N–H and O–H groups in total. The maximum Gasteiger partial charge on any atom is 0.264 e.